The second-order valence-electron chi connectivity index (χ2n) is 7.24. The second-order valence-corrected chi connectivity index (χ2v) is 7.24. The Kier molecular flexibility index (Phi) is 5.06. The monoisotopic (exact) mass is 361 g/mol. The summed E-state index contributed by atoms with van der Waals surface area (Å²) in [6.45, 7) is 3.99. The van der Waals surface area contributed by atoms with Crippen LogP contribution in [0, 0.1) is 34.0 Å². The molecule has 1 aromatic rings. The van der Waals surface area contributed by atoms with Crippen LogP contribution in [0.5, 0.6) is 0 Å². The van der Waals surface area contributed by atoms with Crippen LogP contribution in [0.1, 0.15) is 44.6 Å². The molecule has 27 heavy (non-hydrogen) atoms. The molecule has 2 aliphatic rings. The maximum absolute atomic E-state index is 13.1. The second kappa shape index (κ2) is 7.29. The number of carbonyl (C=O) groups excluding carboxylic acids is 1. The van der Waals surface area contributed by atoms with Crippen LogP contribution in [-0.2, 0) is 9.53 Å². The lowest BCUT2D eigenvalue weighted by atomic mass is 9.58. The summed E-state index contributed by atoms with van der Waals surface area (Å²) in [6, 6.07) is 13.8. The van der Waals surface area contributed by atoms with Gasteiger partial charge in [0.05, 0.1) is 23.9 Å². The van der Waals surface area contributed by atoms with E-state index < -0.39 is 17.3 Å². The van der Waals surface area contributed by atoms with Gasteiger partial charge in [0.1, 0.15) is 6.07 Å². The van der Waals surface area contributed by atoms with Crippen molar-refractivity contribution in [2.45, 2.75) is 39.0 Å². The van der Waals surface area contributed by atoms with Crippen LogP contribution in [0.4, 0.5) is 0 Å². The molecule has 0 aromatic heterocycles. The van der Waals surface area contributed by atoms with Crippen molar-refractivity contribution < 1.29 is 9.53 Å². The number of rotatable bonds is 3. The summed E-state index contributed by atoms with van der Waals surface area (Å²) < 4.78 is 5.29. The largest absolute Gasteiger partial charge is 0.464 e. The highest BCUT2D eigenvalue weighted by molar-refractivity contribution is 5.88. The lowest BCUT2D eigenvalue weighted by Gasteiger charge is -2.43. The van der Waals surface area contributed by atoms with Crippen molar-refractivity contribution in [3.05, 3.63) is 58.3 Å². The van der Waals surface area contributed by atoms with Gasteiger partial charge in [-0.25, -0.2) is 4.79 Å². The fourth-order valence-corrected chi connectivity index (χ4v) is 4.37. The van der Waals surface area contributed by atoms with Crippen LogP contribution in [0.2, 0.25) is 0 Å². The molecule has 0 fully saturated rings. The molecule has 0 radical (unpaired) electrons. The highest BCUT2D eigenvalue weighted by atomic mass is 16.5. The standard InChI is InChI=1S/C22H23N3O2/c1-3-27-21(26)22(13-24)19(15-7-5-4-6-8-15)17-11-14(2)9-10-16(17)18(12-23)20(22)25/h4-8,14,19H,3,9-11,25H2,1-2H3/t14-,19+,22+/m1/s1. The van der Waals surface area contributed by atoms with Gasteiger partial charge in [-0.15, -0.1) is 0 Å². The average Bonchev–Trinajstić information content (AvgIpc) is 2.68. The number of hydrogen-bond acceptors (Lipinski definition) is 5. The van der Waals surface area contributed by atoms with Gasteiger partial charge in [-0.3, -0.25) is 0 Å². The van der Waals surface area contributed by atoms with E-state index in [4.69, 9.17) is 10.5 Å². The lowest BCUT2D eigenvalue weighted by molar-refractivity contribution is -0.151. The van der Waals surface area contributed by atoms with Crippen LogP contribution in [-0.4, -0.2) is 12.6 Å². The molecule has 5 heteroatoms. The molecule has 5 nitrogen and oxygen atoms in total. The van der Waals surface area contributed by atoms with Crippen molar-refractivity contribution in [1.82, 2.24) is 0 Å². The molecule has 0 amide bonds. The smallest absolute Gasteiger partial charge is 0.333 e. The lowest BCUT2D eigenvalue weighted by Crippen LogP contribution is -2.46. The topological polar surface area (TPSA) is 99.9 Å². The summed E-state index contributed by atoms with van der Waals surface area (Å²) in [5.74, 6) is -0.818. The fraction of sp³-hybridized carbons (Fsp3) is 0.409. The Morgan fingerprint density at radius 1 is 1.33 bits per heavy atom. The quantitative estimate of drug-likeness (QED) is 0.827. The molecule has 2 N–H and O–H groups in total. The van der Waals surface area contributed by atoms with Crippen LogP contribution >= 0.6 is 0 Å². The first kappa shape index (κ1) is 18.7. The van der Waals surface area contributed by atoms with Gasteiger partial charge in [-0.1, -0.05) is 42.8 Å². The van der Waals surface area contributed by atoms with E-state index >= 15 is 0 Å². The van der Waals surface area contributed by atoms with E-state index in [-0.39, 0.29) is 17.9 Å². The van der Waals surface area contributed by atoms with Gasteiger partial charge in [0.2, 0.25) is 5.41 Å². The van der Waals surface area contributed by atoms with Crippen molar-refractivity contribution in [2.24, 2.45) is 17.1 Å². The molecular formula is C22H23N3O2. The Morgan fingerprint density at radius 3 is 2.63 bits per heavy atom. The number of carbonyl (C=O) groups is 1. The number of nitriles is 2. The predicted octanol–water partition coefficient (Wildman–Crippen LogP) is 3.71. The van der Waals surface area contributed by atoms with E-state index in [0.29, 0.717) is 5.92 Å². The van der Waals surface area contributed by atoms with Gasteiger partial charge in [-0.2, -0.15) is 10.5 Å². The van der Waals surface area contributed by atoms with E-state index in [1.54, 1.807) is 6.92 Å². The number of esters is 1. The first-order chi connectivity index (χ1) is 13.0. The van der Waals surface area contributed by atoms with Crippen molar-refractivity contribution in [3.8, 4) is 12.1 Å². The summed E-state index contributed by atoms with van der Waals surface area (Å²) in [5, 5.41) is 20.0. The zero-order chi connectivity index (χ0) is 19.6. The molecule has 0 aliphatic heterocycles. The Hall–Kier alpha value is -3.05. The summed E-state index contributed by atoms with van der Waals surface area (Å²) in [5.41, 5.74) is 7.67. The Balaban J connectivity index is 2.35. The minimum Gasteiger partial charge on any atom is -0.464 e. The summed E-state index contributed by atoms with van der Waals surface area (Å²) in [6.07, 6.45) is 2.42. The minimum absolute atomic E-state index is 0.0214. The number of nitrogens with zero attached hydrogens (tertiary/aromatic N) is 2. The molecule has 0 unspecified atom stereocenters. The highest BCUT2D eigenvalue weighted by Crippen LogP contribution is 2.55. The Labute approximate surface area is 159 Å². The van der Waals surface area contributed by atoms with Crippen LogP contribution in [0.25, 0.3) is 0 Å². The fourth-order valence-electron chi connectivity index (χ4n) is 4.37. The Morgan fingerprint density at radius 2 is 2.04 bits per heavy atom. The summed E-state index contributed by atoms with van der Waals surface area (Å²) >= 11 is 0. The van der Waals surface area contributed by atoms with E-state index in [0.717, 1.165) is 36.0 Å². The molecule has 0 saturated carbocycles. The zero-order valence-corrected chi connectivity index (χ0v) is 15.7. The molecule has 0 bridgehead atoms. The Bertz CT molecular complexity index is 902. The van der Waals surface area contributed by atoms with Crippen LogP contribution in [0.3, 0.4) is 0 Å². The SMILES string of the molecule is CCOC(=O)[C@]1(C#N)C(N)=C(C#N)C2=C(C[C@H](C)CC2)[C@@H]1c1ccccc1. The molecule has 0 saturated heterocycles. The van der Waals surface area contributed by atoms with Crippen LogP contribution < -0.4 is 5.73 Å². The molecule has 3 atom stereocenters. The first-order valence-electron chi connectivity index (χ1n) is 9.27. The van der Waals surface area contributed by atoms with Crippen molar-refractivity contribution in [2.75, 3.05) is 6.61 Å². The van der Waals surface area contributed by atoms with Crippen molar-refractivity contribution in [3.63, 3.8) is 0 Å². The third kappa shape index (κ3) is 2.80. The van der Waals surface area contributed by atoms with Crippen molar-refractivity contribution in [1.29, 1.82) is 10.5 Å². The molecule has 1 aromatic carbocycles. The van der Waals surface area contributed by atoms with E-state index in [2.05, 4.69) is 19.1 Å². The molecule has 138 valence electrons. The minimum atomic E-state index is -1.72. The number of benzene rings is 1. The third-order valence-corrected chi connectivity index (χ3v) is 5.64. The number of allylic oxidation sites excluding steroid dienone is 3. The normalized spacial score (nSPS) is 27.4. The number of nitrogens with two attached hydrogens (primary N) is 1. The van der Waals surface area contributed by atoms with Gasteiger partial charge in [-0.05, 0) is 43.2 Å². The third-order valence-electron chi connectivity index (χ3n) is 5.64. The zero-order valence-electron chi connectivity index (χ0n) is 15.7. The molecule has 3 rings (SSSR count). The molecular weight excluding hydrogens is 338 g/mol. The summed E-state index contributed by atoms with van der Waals surface area (Å²) in [7, 11) is 0. The molecule has 0 heterocycles. The molecule has 0 spiro atoms. The number of hydrogen-bond donors (Lipinski definition) is 1. The average molecular weight is 361 g/mol. The van der Waals surface area contributed by atoms with Gasteiger partial charge < -0.3 is 10.5 Å². The van der Waals surface area contributed by atoms with Gasteiger partial charge >= 0.3 is 5.97 Å². The van der Waals surface area contributed by atoms with Gasteiger partial charge in [0, 0.05) is 5.92 Å². The van der Waals surface area contributed by atoms with E-state index in [1.807, 2.05) is 30.3 Å². The maximum atomic E-state index is 13.1. The first-order valence-corrected chi connectivity index (χ1v) is 9.27. The van der Waals surface area contributed by atoms with E-state index in [1.165, 1.54) is 0 Å². The number of ether oxygens (including phenoxy) is 1. The maximum Gasteiger partial charge on any atom is 0.333 e. The van der Waals surface area contributed by atoms with Gasteiger partial charge in [0.25, 0.3) is 0 Å². The van der Waals surface area contributed by atoms with Gasteiger partial charge in [0.15, 0.2) is 0 Å². The van der Waals surface area contributed by atoms with Crippen LogP contribution in [0.15, 0.2) is 52.7 Å². The van der Waals surface area contributed by atoms with Crippen molar-refractivity contribution >= 4 is 5.97 Å². The predicted molar refractivity (Wildman–Crippen MR) is 101 cm³/mol. The van der Waals surface area contributed by atoms with E-state index in [9.17, 15) is 15.3 Å². The molecule has 2 aliphatic carbocycles. The highest BCUT2D eigenvalue weighted by Gasteiger charge is 2.56. The summed E-state index contributed by atoms with van der Waals surface area (Å²) in [4.78, 5) is 13.1.